The summed E-state index contributed by atoms with van der Waals surface area (Å²) in [4.78, 5) is 28.7. The summed E-state index contributed by atoms with van der Waals surface area (Å²) in [7, 11) is 1.59. The van der Waals surface area contributed by atoms with E-state index in [0.717, 1.165) is 21.4 Å². The lowest BCUT2D eigenvalue weighted by molar-refractivity contribution is -0.140. The van der Waals surface area contributed by atoms with Gasteiger partial charge in [-0.25, -0.2) is 9.78 Å². The minimum Gasteiger partial charge on any atom is -0.497 e. The molecule has 0 aliphatic rings. The van der Waals surface area contributed by atoms with Gasteiger partial charge in [0.15, 0.2) is 0 Å². The lowest BCUT2D eigenvalue weighted by Gasteiger charge is -2.10. The zero-order chi connectivity index (χ0) is 16.6. The van der Waals surface area contributed by atoms with Gasteiger partial charge in [0.1, 0.15) is 16.6 Å². The highest BCUT2D eigenvalue weighted by Crippen LogP contribution is 2.31. The Bertz CT molecular complexity index is 927. The molecule has 2 heterocycles. The minimum atomic E-state index is -1.07. The molecule has 3 rings (SSSR count). The highest BCUT2D eigenvalue weighted by Gasteiger charge is 2.19. The third-order valence-corrected chi connectivity index (χ3v) is 4.58. The predicted octanol–water partition coefficient (Wildman–Crippen LogP) is 2.78. The van der Waals surface area contributed by atoms with Crippen molar-refractivity contribution in [3.8, 4) is 16.9 Å². The van der Waals surface area contributed by atoms with E-state index >= 15 is 0 Å². The van der Waals surface area contributed by atoms with Crippen LogP contribution in [0.25, 0.3) is 21.3 Å². The van der Waals surface area contributed by atoms with Gasteiger partial charge in [-0.15, -0.1) is 11.3 Å². The van der Waals surface area contributed by atoms with Gasteiger partial charge >= 0.3 is 5.97 Å². The van der Waals surface area contributed by atoms with Crippen LogP contribution in [0.15, 0.2) is 40.8 Å². The fourth-order valence-corrected chi connectivity index (χ4v) is 3.23. The van der Waals surface area contributed by atoms with E-state index in [1.807, 2.05) is 29.6 Å². The summed E-state index contributed by atoms with van der Waals surface area (Å²) < 4.78 is 6.28. The summed E-state index contributed by atoms with van der Waals surface area (Å²) in [6.07, 6.45) is 1.29. The molecule has 0 spiro atoms. The van der Waals surface area contributed by atoms with Crippen LogP contribution in [0, 0.1) is 0 Å². The van der Waals surface area contributed by atoms with Crippen molar-refractivity contribution in [1.29, 1.82) is 0 Å². The topological polar surface area (TPSA) is 81.4 Å². The number of benzene rings is 1. The average Bonchev–Trinajstić information content (AvgIpc) is 2.99. The lowest BCUT2D eigenvalue weighted by Crippen LogP contribution is -2.28. The molecule has 0 saturated heterocycles. The number of hydrogen-bond acceptors (Lipinski definition) is 5. The highest BCUT2D eigenvalue weighted by molar-refractivity contribution is 7.17. The van der Waals surface area contributed by atoms with Crippen molar-refractivity contribution in [2.45, 2.75) is 13.0 Å². The van der Waals surface area contributed by atoms with Crippen molar-refractivity contribution in [1.82, 2.24) is 9.55 Å². The first-order valence-electron chi connectivity index (χ1n) is 6.88. The third-order valence-electron chi connectivity index (χ3n) is 3.70. The maximum absolute atomic E-state index is 12.7. The Morgan fingerprint density at radius 2 is 2.04 bits per heavy atom. The van der Waals surface area contributed by atoms with Crippen LogP contribution in [-0.4, -0.2) is 27.7 Å². The number of carboxylic acids is 1. The van der Waals surface area contributed by atoms with Crippen LogP contribution in [0.1, 0.15) is 13.0 Å². The molecule has 0 aliphatic heterocycles. The van der Waals surface area contributed by atoms with Crippen LogP contribution in [0.2, 0.25) is 0 Å². The van der Waals surface area contributed by atoms with Gasteiger partial charge in [-0.2, -0.15) is 0 Å². The van der Waals surface area contributed by atoms with Gasteiger partial charge in [0.05, 0.1) is 18.8 Å². The fourth-order valence-electron chi connectivity index (χ4n) is 2.32. The van der Waals surface area contributed by atoms with Gasteiger partial charge in [0.2, 0.25) is 0 Å². The number of hydrogen-bond donors (Lipinski definition) is 1. The molecular formula is C16H14N2O4S. The van der Waals surface area contributed by atoms with Gasteiger partial charge in [-0.3, -0.25) is 9.36 Å². The molecule has 0 unspecified atom stereocenters. The van der Waals surface area contributed by atoms with Crippen molar-refractivity contribution < 1.29 is 14.6 Å². The van der Waals surface area contributed by atoms with E-state index in [1.54, 1.807) is 7.11 Å². The molecule has 0 radical (unpaired) electrons. The van der Waals surface area contributed by atoms with Crippen LogP contribution < -0.4 is 10.3 Å². The number of carboxylic acid groups (broad SMARTS) is 1. The number of ether oxygens (including phenoxy) is 1. The van der Waals surface area contributed by atoms with Crippen molar-refractivity contribution in [2.24, 2.45) is 0 Å². The van der Waals surface area contributed by atoms with Gasteiger partial charge < -0.3 is 9.84 Å². The number of nitrogens with zero attached hydrogens (tertiary/aromatic N) is 2. The monoisotopic (exact) mass is 330 g/mol. The molecule has 1 aromatic carbocycles. The number of aromatic nitrogens is 2. The predicted molar refractivity (Wildman–Crippen MR) is 88.2 cm³/mol. The van der Waals surface area contributed by atoms with Crippen LogP contribution in [0.4, 0.5) is 0 Å². The first-order valence-corrected chi connectivity index (χ1v) is 7.76. The quantitative estimate of drug-likeness (QED) is 0.795. The van der Waals surface area contributed by atoms with E-state index in [9.17, 15) is 9.59 Å². The Kier molecular flexibility index (Phi) is 3.87. The second kappa shape index (κ2) is 5.85. The van der Waals surface area contributed by atoms with Crippen molar-refractivity contribution >= 4 is 27.5 Å². The maximum atomic E-state index is 12.7. The van der Waals surface area contributed by atoms with E-state index in [1.165, 1.54) is 24.6 Å². The first kappa shape index (κ1) is 15.2. The molecule has 118 valence electrons. The molecular weight excluding hydrogens is 316 g/mol. The summed E-state index contributed by atoms with van der Waals surface area (Å²) >= 11 is 1.36. The van der Waals surface area contributed by atoms with Gasteiger partial charge in [-0.05, 0) is 24.6 Å². The summed E-state index contributed by atoms with van der Waals surface area (Å²) in [5, 5.41) is 11.4. The van der Waals surface area contributed by atoms with Crippen molar-refractivity contribution in [3.05, 3.63) is 46.3 Å². The second-order valence-corrected chi connectivity index (χ2v) is 5.89. The molecule has 0 amide bonds. The largest absolute Gasteiger partial charge is 0.497 e. The molecule has 0 aliphatic carbocycles. The van der Waals surface area contributed by atoms with Crippen molar-refractivity contribution in [2.75, 3.05) is 7.11 Å². The normalized spacial score (nSPS) is 12.3. The standard InChI is InChI=1S/C16H14N2O4S/c1-9(16(20)21)18-8-17-14-13(15(18)19)12(7-23-14)10-3-5-11(22-2)6-4-10/h3-9H,1-2H3,(H,20,21)/t9-/m1/s1. The second-order valence-electron chi connectivity index (χ2n) is 5.03. The smallest absolute Gasteiger partial charge is 0.326 e. The van der Waals surface area contributed by atoms with Gasteiger partial charge in [-0.1, -0.05) is 12.1 Å². The van der Waals surface area contributed by atoms with Gasteiger partial charge in [0, 0.05) is 10.9 Å². The minimum absolute atomic E-state index is 0.350. The first-order chi connectivity index (χ1) is 11.0. The van der Waals surface area contributed by atoms with Crippen molar-refractivity contribution in [3.63, 3.8) is 0 Å². The molecule has 7 heteroatoms. The molecule has 2 aromatic heterocycles. The van der Waals surface area contributed by atoms with E-state index in [2.05, 4.69) is 4.98 Å². The number of methoxy groups -OCH3 is 1. The molecule has 3 aromatic rings. The third kappa shape index (κ3) is 2.59. The highest BCUT2D eigenvalue weighted by atomic mass is 32.1. The number of aliphatic carboxylic acids is 1. The molecule has 1 atom stereocenters. The summed E-state index contributed by atoms with van der Waals surface area (Å²) in [5.74, 6) is -0.349. The zero-order valence-electron chi connectivity index (χ0n) is 12.5. The Morgan fingerprint density at radius 3 is 2.65 bits per heavy atom. The molecule has 0 saturated carbocycles. The molecule has 0 fully saturated rings. The van der Waals surface area contributed by atoms with Crippen LogP contribution in [0.5, 0.6) is 5.75 Å². The number of fused-ring (bicyclic) bond motifs is 1. The Morgan fingerprint density at radius 1 is 1.35 bits per heavy atom. The average molecular weight is 330 g/mol. The summed E-state index contributed by atoms with van der Waals surface area (Å²) in [5.41, 5.74) is 1.26. The summed E-state index contributed by atoms with van der Waals surface area (Å²) in [6.45, 7) is 1.46. The van der Waals surface area contributed by atoms with Crippen LogP contribution >= 0.6 is 11.3 Å². The van der Waals surface area contributed by atoms with Crippen LogP contribution in [0.3, 0.4) is 0 Å². The Balaban J connectivity index is 2.20. The van der Waals surface area contributed by atoms with Gasteiger partial charge in [0.25, 0.3) is 5.56 Å². The van der Waals surface area contributed by atoms with Crippen LogP contribution in [-0.2, 0) is 4.79 Å². The number of thiophene rings is 1. The molecule has 1 N–H and O–H groups in total. The Labute approximate surface area is 135 Å². The zero-order valence-corrected chi connectivity index (χ0v) is 13.3. The number of carbonyl (C=O) groups is 1. The van der Waals surface area contributed by atoms with E-state index in [-0.39, 0.29) is 5.56 Å². The molecule has 0 bridgehead atoms. The van der Waals surface area contributed by atoms with E-state index in [4.69, 9.17) is 9.84 Å². The fraction of sp³-hybridized carbons (Fsp3) is 0.188. The molecule has 23 heavy (non-hydrogen) atoms. The lowest BCUT2D eigenvalue weighted by atomic mass is 10.1. The van der Waals surface area contributed by atoms with E-state index in [0.29, 0.717) is 10.2 Å². The SMILES string of the molecule is COc1ccc(-c2csc3ncn([C@H](C)C(=O)O)c(=O)c23)cc1. The summed E-state index contributed by atoms with van der Waals surface area (Å²) in [6, 6.07) is 6.37. The number of rotatable bonds is 4. The van der Waals surface area contributed by atoms with E-state index < -0.39 is 12.0 Å². The maximum Gasteiger partial charge on any atom is 0.326 e. The Hall–Kier alpha value is -2.67. The molecule has 6 nitrogen and oxygen atoms in total.